The van der Waals surface area contributed by atoms with Crippen LogP contribution in [0, 0.1) is 11.8 Å². The van der Waals surface area contributed by atoms with E-state index in [1.54, 1.807) is 0 Å². The van der Waals surface area contributed by atoms with Gasteiger partial charge in [0.15, 0.2) is 0 Å². The Bertz CT molecular complexity index is 258. The number of hydrogen-bond donors (Lipinski definition) is 1. The molecule has 0 radical (unpaired) electrons. The molecule has 2 unspecified atom stereocenters. The summed E-state index contributed by atoms with van der Waals surface area (Å²) in [6.07, 6.45) is 4.10. The molecule has 2 aliphatic rings. The fourth-order valence-electron chi connectivity index (χ4n) is 3.33. The Kier molecular flexibility index (Phi) is 4.35. The van der Waals surface area contributed by atoms with Gasteiger partial charge in [-0.15, -0.1) is 0 Å². The van der Waals surface area contributed by atoms with Crippen LogP contribution < -0.4 is 5.48 Å². The highest BCUT2D eigenvalue weighted by molar-refractivity contribution is 4.94. The lowest BCUT2D eigenvalue weighted by atomic mass is 9.73. The molecule has 2 atom stereocenters. The lowest BCUT2D eigenvalue weighted by molar-refractivity contribution is -0.126. The number of fused-ring (bicyclic) bond motifs is 2. The first-order chi connectivity index (χ1) is 8.37. The number of hydroxylamine groups is 1. The summed E-state index contributed by atoms with van der Waals surface area (Å²) in [5.74, 6) is 1.53. The summed E-state index contributed by atoms with van der Waals surface area (Å²) in [6, 6.07) is 1.24. The molecule has 106 valence electrons. The average molecular weight is 254 g/mol. The van der Waals surface area contributed by atoms with Crippen molar-refractivity contribution in [3.8, 4) is 0 Å². The largest absolute Gasteiger partial charge is 0.300 e. The van der Waals surface area contributed by atoms with Crippen LogP contribution in [0.25, 0.3) is 0 Å². The molecule has 0 spiro atoms. The summed E-state index contributed by atoms with van der Waals surface area (Å²) in [6.45, 7) is 13.4. The van der Waals surface area contributed by atoms with Crippen LogP contribution >= 0.6 is 0 Å². The van der Waals surface area contributed by atoms with E-state index in [1.807, 2.05) is 0 Å². The Labute approximate surface area is 112 Å². The summed E-state index contributed by atoms with van der Waals surface area (Å²) in [5.41, 5.74) is 3.30. The van der Waals surface area contributed by atoms with Crippen LogP contribution in [0.3, 0.4) is 0 Å². The molecule has 3 nitrogen and oxygen atoms in total. The Morgan fingerprint density at radius 1 is 1.11 bits per heavy atom. The van der Waals surface area contributed by atoms with Gasteiger partial charge in [-0.25, -0.2) is 0 Å². The Balaban J connectivity index is 1.96. The monoisotopic (exact) mass is 254 g/mol. The molecule has 1 heterocycles. The molecule has 0 amide bonds. The molecular weight excluding hydrogens is 224 g/mol. The van der Waals surface area contributed by atoms with E-state index in [0.29, 0.717) is 12.1 Å². The molecule has 1 N–H and O–H groups in total. The number of likely N-dealkylation sites (tertiary alicyclic amines) is 1. The predicted octanol–water partition coefficient (Wildman–Crippen LogP) is 2.82. The van der Waals surface area contributed by atoms with E-state index in [-0.39, 0.29) is 5.60 Å². The van der Waals surface area contributed by atoms with Crippen LogP contribution in [0.1, 0.15) is 53.9 Å². The molecular formula is C15H30N2O. The van der Waals surface area contributed by atoms with Crippen molar-refractivity contribution in [1.82, 2.24) is 10.4 Å². The topological polar surface area (TPSA) is 24.5 Å². The smallest absolute Gasteiger partial charge is 0.0813 e. The lowest BCUT2D eigenvalue weighted by Gasteiger charge is -2.49. The fourth-order valence-corrected chi connectivity index (χ4v) is 3.33. The lowest BCUT2D eigenvalue weighted by Crippen LogP contribution is -2.59. The summed E-state index contributed by atoms with van der Waals surface area (Å²) in [4.78, 5) is 8.48. The summed E-state index contributed by atoms with van der Waals surface area (Å²) in [5, 5.41) is 0. The summed E-state index contributed by atoms with van der Waals surface area (Å²) in [7, 11) is 0. The zero-order valence-electron chi connectivity index (χ0n) is 12.7. The molecule has 3 heteroatoms. The van der Waals surface area contributed by atoms with Crippen molar-refractivity contribution in [1.29, 1.82) is 0 Å². The van der Waals surface area contributed by atoms with Gasteiger partial charge in [0.1, 0.15) is 0 Å². The second-order valence-corrected chi connectivity index (χ2v) is 7.36. The molecule has 1 aliphatic heterocycles. The number of nitrogens with one attached hydrogen (secondary N) is 1. The Hall–Kier alpha value is -0.120. The van der Waals surface area contributed by atoms with Crippen molar-refractivity contribution in [2.45, 2.75) is 71.6 Å². The number of rotatable bonds is 3. The third-order valence-corrected chi connectivity index (χ3v) is 4.34. The highest BCUT2D eigenvalue weighted by Crippen LogP contribution is 2.35. The van der Waals surface area contributed by atoms with Gasteiger partial charge >= 0.3 is 0 Å². The van der Waals surface area contributed by atoms with Crippen LogP contribution in [0.4, 0.5) is 0 Å². The van der Waals surface area contributed by atoms with Crippen molar-refractivity contribution < 1.29 is 4.84 Å². The van der Waals surface area contributed by atoms with Gasteiger partial charge in [-0.05, 0) is 59.3 Å². The van der Waals surface area contributed by atoms with Crippen LogP contribution in [0.15, 0.2) is 0 Å². The van der Waals surface area contributed by atoms with E-state index < -0.39 is 0 Å². The molecule has 0 aromatic carbocycles. The minimum atomic E-state index is -0.0938. The van der Waals surface area contributed by atoms with E-state index in [1.165, 1.54) is 32.4 Å². The standard InChI is InChI=1S/C15H30N2O/c1-11(2)17-9-12-7-6-8-13(10-17)14(12)16-18-15(3,4)5/h11-14,16H,6-10H2,1-5H3. The minimum Gasteiger partial charge on any atom is -0.300 e. The van der Waals surface area contributed by atoms with E-state index in [0.717, 1.165) is 11.8 Å². The van der Waals surface area contributed by atoms with E-state index in [2.05, 4.69) is 45.0 Å². The maximum atomic E-state index is 5.83. The van der Waals surface area contributed by atoms with Crippen molar-refractivity contribution in [2.75, 3.05) is 13.1 Å². The van der Waals surface area contributed by atoms with Crippen molar-refractivity contribution >= 4 is 0 Å². The van der Waals surface area contributed by atoms with E-state index >= 15 is 0 Å². The van der Waals surface area contributed by atoms with Gasteiger partial charge < -0.3 is 4.90 Å². The molecule has 2 fully saturated rings. The Morgan fingerprint density at radius 2 is 1.67 bits per heavy atom. The van der Waals surface area contributed by atoms with Crippen molar-refractivity contribution in [3.05, 3.63) is 0 Å². The summed E-state index contributed by atoms with van der Waals surface area (Å²) >= 11 is 0. The van der Waals surface area contributed by atoms with Gasteiger partial charge in [0.25, 0.3) is 0 Å². The van der Waals surface area contributed by atoms with E-state index in [9.17, 15) is 0 Å². The van der Waals surface area contributed by atoms with Gasteiger partial charge in [0, 0.05) is 25.2 Å². The normalized spacial score (nSPS) is 34.0. The number of hydrogen-bond acceptors (Lipinski definition) is 3. The van der Waals surface area contributed by atoms with Crippen molar-refractivity contribution in [2.24, 2.45) is 11.8 Å². The molecule has 0 aromatic heterocycles. The van der Waals surface area contributed by atoms with Crippen LogP contribution in [-0.2, 0) is 4.84 Å². The van der Waals surface area contributed by atoms with Gasteiger partial charge in [-0.2, -0.15) is 5.48 Å². The first-order valence-electron chi connectivity index (χ1n) is 7.54. The zero-order valence-corrected chi connectivity index (χ0v) is 12.7. The predicted molar refractivity (Wildman–Crippen MR) is 75.3 cm³/mol. The molecule has 1 aliphatic carbocycles. The third-order valence-electron chi connectivity index (χ3n) is 4.34. The average Bonchev–Trinajstić information content (AvgIpc) is 2.23. The number of nitrogens with zero attached hydrogens (tertiary/aromatic N) is 1. The van der Waals surface area contributed by atoms with Gasteiger partial charge in [0.2, 0.25) is 0 Å². The minimum absolute atomic E-state index is 0.0938. The third kappa shape index (κ3) is 3.46. The SMILES string of the molecule is CC(C)N1CC2CCCC(C1)C2NOC(C)(C)C. The summed E-state index contributed by atoms with van der Waals surface area (Å²) < 4.78 is 0. The van der Waals surface area contributed by atoms with Crippen LogP contribution in [0.5, 0.6) is 0 Å². The molecule has 2 rings (SSSR count). The van der Waals surface area contributed by atoms with Crippen LogP contribution in [0.2, 0.25) is 0 Å². The van der Waals surface area contributed by atoms with Crippen molar-refractivity contribution in [3.63, 3.8) is 0 Å². The molecule has 0 aromatic rings. The second kappa shape index (κ2) is 5.48. The first kappa shape index (κ1) is 14.3. The van der Waals surface area contributed by atoms with E-state index in [4.69, 9.17) is 4.84 Å². The van der Waals surface area contributed by atoms with Gasteiger partial charge in [0.05, 0.1) is 5.60 Å². The van der Waals surface area contributed by atoms with Gasteiger partial charge in [-0.3, -0.25) is 4.84 Å². The molecule has 1 saturated carbocycles. The second-order valence-electron chi connectivity index (χ2n) is 7.36. The maximum absolute atomic E-state index is 5.83. The fraction of sp³-hybridized carbons (Fsp3) is 1.00. The first-order valence-corrected chi connectivity index (χ1v) is 7.54. The number of piperidine rings is 1. The Morgan fingerprint density at radius 3 is 2.11 bits per heavy atom. The highest BCUT2D eigenvalue weighted by atomic mass is 16.7. The molecule has 1 saturated heterocycles. The quantitative estimate of drug-likeness (QED) is 0.784. The molecule has 2 bridgehead atoms. The van der Waals surface area contributed by atoms with Crippen LogP contribution in [-0.4, -0.2) is 35.7 Å². The maximum Gasteiger partial charge on any atom is 0.0813 e. The zero-order chi connectivity index (χ0) is 13.3. The van der Waals surface area contributed by atoms with Gasteiger partial charge in [-0.1, -0.05) is 6.42 Å². The highest BCUT2D eigenvalue weighted by Gasteiger charge is 2.40. The molecule has 18 heavy (non-hydrogen) atoms.